The largest absolute Gasteiger partial charge is 0.352 e. The first kappa shape index (κ1) is 6.55. The highest BCUT2D eigenvalue weighted by molar-refractivity contribution is 5.82. The molecule has 2 atom stereocenters. The molecular formula is C6H12N2O. The Kier molecular flexibility index (Phi) is 1.71. The molecule has 1 aliphatic rings. The van der Waals surface area contributed by atoms with Crippen LogP contribution in [-0.4, -0.2) is 18.0 Å². The standard InChI is InChI=1S/C6H12N2O/c1-4-2-3-5(7)6(9)8-4/h4-5H,2-3,7H2,1H3,(H,8,9)/t4-,5?/m0/s1. The molecule has 1 rings (SSSR count). The Morgan fingerprint density at radius 3 is 2.78 bits per heavy atom. The third-order valence-electron chi connectivity index (χ3n) is 1.64. The van der Waals surface area contributed by atoms with Crippen molar-refractivity contribution in [1.82, 2.24) is 5.32 Å². The van der Waals surface area contributed by atoms with Gasteiger partial charge in [0.2, 0.25) is 5.91 Å². The SMILES string of the molecule is C[C@H]1CCC(N)C(=O)N1. The fourth-order valence-electron chi connectivity index (χ4n) is 0.983. The molecule has 1 heterocycles. The van der Waals surface area contributed by atoms with Gasteiger partial charge >= 0.3 is 0 Å². The summed E-state index contributed by atoms with van der Waals surface area (Å²) < 4.78 is 0. The number of carbonyl (C=O) groups is 1. The summed E-state index contributed by atoms with van der Waals surface area (Å²) in [5.74, 6) is -0.00579. The summed E-state index contributed by atoms with van der Waals surface area (Å²) in [5.41, 5.74) is 5.43. The van der Waals surface area contributed by atoms with Gasteiger partial charge in [-0.05, 0) is 19.8 Å². The molecule has 1 unspecified atom stereocenters. The minimum absolute atomic E-state index is 0.00579. The predicted octanol–water partition coefficient (Wildman–Crippen LogP) is -0.388. The Morgan fingerprint density at radius 2 is 2.33 bits per heavy atom. The van der Waals surface area contributed by atoms with Crippen molar-refractivity contribution in [2.24, 2.45) is 5.73 Å². The van der Waals surface area contributed by atoms with Crippen LogP contribution in [0.25, 0.3) is 0 Å². The molecule has 3 nitrogen and oxygen atoms in total. The molecule has 0 aromatic rings. The van der Waals surface area contributed by atoms with E-state index in [1.165, 1.54) is 0 Å². The lowest BCUT2D eigenvalue weighted by Gasteiger charge is -2.23. The summed E-state index contributed by atoms with van der Waals surface area (Å²) in [6, 6.07) is 0.0542. The van der Waals surface area contributed by atoms with Gasteiger partial charge in [0.25, 0.3) is 0 Å². The fourth-order valence-corrected chi connectivity index (χ4v) is 0.983. The zero-order chi connectivity index (χ0) is 6.85. The molecule has 0 aromatic heterocycles. The number of piperidine rings is 1. The lowest BCUT2D eigenvalue weighted by atomic mass is 10.0. The van der Waals surface area contributed by atoms with Crippen molar-refractivity contribution in [2.45, 2.75) is 31.8 Å². The van der Waals surface area contributed by atoms with Crippen LogP contribution in [0.15, 0.2) is 0 Å². The lowest BCUT2D eigenvalue weighted by Crippen LogP contribution is -2.49. The van der Waals surface area contributed by atoms with Gasteiger partial charge in [-0.3, -0.25) is 4.79 Å². The van der Waals surface area contributed by atoms with Crippen LogP contribution in [0, 0.1) is 0 Å². The summed E-state index contributed by atoms with van der Waals surface area (Å²) in [6.45, 7) is 1.99. The van der Waals surface area contributed by atoms with E-state index in [4.69, 9.17) is 5.73 Å². The van der Waals surface area contributed by atoms with E-state index in [1.807, 2.05) is 6.92 Å². The molecule has 52 valence electrons. The van der Waals surface area contributed by atoms with Gasteiger partial charge in [-0.1, -0.05) is 0 Å². The first-order valence-electron chi connectivity index (χ1n) is 3.26. The summed E-state index contributed by atoms with van der Waals surface area (Å²) in [5, 5.41) is 2.77. The van der Waals surface area contributed by atoms with E-state index in [0.29, 0.717) is 6.04 Å². The first-order valence-corrected chi connectivity index (χ1v) is 3.26. The molecule has 1 saturated heterocycles. The zero-order valence-corrected chi connectivity index (χ0v) is 5.55. The van der Waals surface area contributed by atoms with Gasteiger partial charge in [-0.15, -0.1) is 0 Å². The highest BCUT2D eigenvalue weighted by Crippen LogP contribution is 2.05. The number of hydrogen-bond acceptors (Lipinski definition) is 2. The molecule has 0 saturated carbocycles. The van der Waals surface area contributed by atoms with Gasteiger partial charge in [0.1, 0.15) is 0 Å². The molecule has 1 fully saturated rings. The highest BCUT2D eigenvalue weighted by atomic mass is 16.2. The minimum atomic E-state index is -0.263. The van der Waals surface area contributed by atoms with Crippen LogP contribution in [0.1, 0.15) is 19.8 Å². The number of amides is 1. The van der Waals surface area contributed by atoms with Crippen LogP contribution < -0.4 is 11.1 Å². The number of rotatable bonds is 0. The zero-order valence-electron chi connectivity index (χ0n) is 5.55. The maximum absolute atomic E-state index is 10.8. The van der Waals surface area contributed by atoms with Crippen molar-refractivity contribution in [2.75, 3.05) is 0 Å². The molecule has 1 amide bonds. The third kappa shape index (κ3) is 1.42. The van der Waals surface area contributed by atoms with Crippen LogP contribution in [-0.2, 0) is 4.79 Å². The van der Waals surface area contributed by atoms with Gasteiger partial charge in [-0.25, -0.2) is 0 Å². The van der Waals surface area contributed by atoms with Crippen molar-refractivity contribution < 1.29 is 4.79 Å². The third-order valence-corrected chi connectivity index (χ3v) is 1.64. The molecular weight excluding hydrogens is 116 g/mol. The van der Waals surface area contributed by atoms with Gasteiger partial charge < -0.3 is 11.1 Å². The predicted molar refractivity (Wildman–Crippen MR) is 34.8 cm³/mol. The van der Waals surface area contributed by atoms with Crippen LogP contribution in [0.2, 0.25) is 0 Å². The van der Waals surface area contributed by atoms with Crippen molar-refractivity contribution in [3.05, 3.63) is 0 Å². The van der Waals surface area contributed by atoms with Crippen molar-refractivity contribution in [1.29, 1.82) is 0 Å². The monoisotopic (exact) mass is 128 g/mol. The Bertz CT molecular complexity index is 124. The Morgan fingerprint density at radius 1 is 1.67 bits per heavy atom. The Labute approximate surface area is 54.6 Å². The van der Waals surface area contributed by atoms with Crippen molar-refractivity contribution in [3.63, 3.8) is 0 Å². The van der Waals surface area contributed by atoms with Gasteiger partial charge in [0.15, 0.2) is 0 Å². The molecule has 3 N–H and O–H groups in total. The first-order chi connectivity index (χ1) is 4.20. The number of nitrogens with one attached hydrogen (secondary N) is 1. The van der Waals surface area contributed by atoms with Crippen molar-refractivity contribution >= 4 is 5.91 Å². The van der Waals surface area contributed by atoms with E-state index in [2.05, 4.69) is 5.32 Å². The van der Waals surface area contributed by atoms with Crippen LogP contribution >= 0.6 is 0 Å². The average molecular weight is 128 g/mol. The van der Waals surface area contributed by atoms with Gasteiger partial charge in [-0.2, -0.15) is 0 Å². The van der Waals surface area contributed by atoms with E-state index >= 15 is 0 Å². The summed E-state index contributed by atoms with van der Waals surface area (Å²) in [4.78, 5) is 10.8. The van der Waals surface area contributed by atoms with Crippen molar-refractivity contribution in [3.8, 4) is 0 Å². The second-order valence-corrected chi connectivity index (χ2v) is 2.59. The van der Waals surface area contributed by atoms with Gasteiger partial charge in [0, 0.05) is 6.04 Å². The summed E-state index contributed by atoms with van der Waals surface area (Å²) in [6.07, 6.45) is 1.83. The second kappa shape index (κ2) is 2.35. The van der Waals surface area contributed by atoms with Crippen LogP contribution in [0.3, 0.4) is 0 Å². The Balaban J connectivity index is 2.44. The average Bonchev–Trinajstić information content (AvgIpc) is 1.80. The Hall–Kier alpha value is -0.570. The van der Waals surface area contributed by atoms with Gasteiger partial charge in [0.05, 0.1) is 6.04 Å². The fraction of sp³-hybridized carbons (Fsp3) is 0.833. The molecule has 0 bridgehead atoms. The van der Waals surface area contributed by atoms with E-state index in [0.717, 1.165) is 12.8 Å². The molecule has 9 heavy (non-hydrogen) atoms. The molecule has 3 heteroatoms. The molecule has 0 aliphatic carbocycles. The van der Waals surface area contributed by atoms with E-state index < -0.39 is 0 Å². The minimum Gasteiger partial charge on any atom is -0.352 e. The molecule has 0 spiro atoms. The maximum Gasteiger partial charge on any atom is 0.237 e. The highest BCUT2D eigenvalue weighted by Gasteiger charge is 2.21. The number of nitrogens with two attached hydrogens (primary N) is 1. The summed E-state index contributed by atoms with van der Waals surface area (Å²) in [7, 11) is 0. The maximum atomic E-state index is 10.8. The van der Waals surface area contributed by atoms with E-state index in [1.54, 1.807) is 0 Å². The quantitative estimate of drug-likeness (QED) is 0.467. The molecule has 0 radical (unpaired) electrons. The smallest absolute Gasteiger partial charge is 0.237 e. The molecule has 0 aromatic carbocycles. The number of carbonyl (C=O) groups excluding carboxylic acids is 1. The molecule has 1 aliphatic heterocycles. The lowest BCUT2D eigenvalue weighted by molar-refractivity contribution is -0.124. The van der Waals surface area contributed by atoms with Crippen LogP contribution in [0.5, 0.6) is 0 Å². The summed E-state index contributed by atoms with van der Waals surface area (Å²) >= 11 is 0. The second-order valence-electron chi connectivity index (χ2n) is 2.59. The number of hydrogen-bond donors (Lipinski definition) is 2. The van der Waals surface area contributed by atoms with Crippen LogP contribution in [0.4, 0.5) is 0 Å². The topological polar surface area (TPSA) is 55.1 Å². The normalized spacial score (nSPS) is 36.0. The van der Waals surface area contributed by atoms with E-state index in [9.17, 15) is 4.79 Å². The van der Waals surface area contributed by atoms with E-state index in [-0.39, 0.29) is 11.9 Å².